The third-order valence-corrected chi connectivity index (χ3v) is 23.5. The van der Waals surface area contributed by atoms with Crippen molar-refractivity contribution in [3.63, 3.8) is 0 Å². The number of nitrogens with zero attached hydrogens (tertiary/aromatic N) is 2. The lowest BCUT2D eigenvalue weighted by atomic mass is 9.84. The van der Waals surface area contributed by atoms with Crippen molar-refractivity contribution in [1.29, 1.82) is 0 Å². The van der Waals surface area contributed by atoms with Gasteiger partial charge in [-0.3, -0.25) is 115 Å². The minimum atomic E-state index is -2.21. The summed E-state index contributed by atoms with van der Waals surface area (Å²) in [6, 6.07) is -33.6. The molecule has 147 heavy (non-hydrogen) atoms. The van der Waals surface area contributed by atoms with Gasteiger partial charge in [-0.05, 0) is 146 Å². The number of nitrogens with two attached hydrogens (primary N) is 6. The maximum atomic E-state index is 14.8. The number of hydrogen-bond acceptors (Lipinski definition) is 33. The van der Waals surface area contributed by atoms with Crippen LogP contribution in [0.3, 0.4) is 0 Å². The first-order chi connectivity index (χ1) is 68.4. The molecule has 832 valence electrons. The standard InChI is InChI=1S/C89H152N24O33S/c1-40(2)32-51(102-71(128)46(92)20-15-17-28-90)76(133)99-48(23-25-60(93)118)72(129)96-43(7)70(127)101-52(33-41(3)4)79(136)109-66(42(5)6)87(144)113-30-19-22-59(113)82(139)104-53(34-62(95)120)77(134)100-50(27-31-147-14)74(131)103-54(35-63(121)122)78(135)97-47(21-16-18-29-91)73(130)98-49(24-26-61(94)119)75(132)110-67(44(8)116)83(140)108-58(39-115)81(138)111-68(45(9)117)84(141)107-57(38-114)80(137)105-55(36-64(123)124)86(143)112(13)69(89(10,11)12)85(142)106-56(88(145)146)37-65(125)126/h40-59,66-69,114-117H,15-39,90-92H2,1-14H3,(H2,93,118)(H2,94,119)(H2,95,120)(H,96,129)(H,97,135)(H,98,130)(H,99,133)(H,100,134)(H,101,127)(H,102,128)(H,103,131)(H,104,139)(H,105,137)(H,106,142)(H,107,141)(H,108,140)(H,109,136)(H,110,132)(H,111,138)(H,121,122)(H,123,124)(H,125,126)(H,145,146)/t43-,44+,45+,46-,47-,48-,49-,50-,51-,52-,53-,54-,55-,56-,57-,58-,59-,66-,67-,68-,69+/m0/s1. The highest BCUT2D eigenvalue weighted by molar-refractivity contribution is 7.98. The van der Waals surface area contributed by atoms with E-state index in [0.29, 0.717) is 24.3 Å². The van der Waals surface area contributed by atoms with Crippen LogP contribution in [0.25, 0.3) is 0 Å². The van der Waals surface area contributed by atoms with E-state index < -0.39 is 344 Å². The number of likely N-dealkylation sites (N-methyl/N-ethyl adjacent to an activating group) is 1. The molecule has 21 amide bonds. The third kappa shape index (κ3) is 47.5. The van der Waals surface area contributed by atoms with Crippen LogP contribution in [0.2, 0.25) is 0 Å². The summed E-state index contributed by atoms with van der Waals surface area (Å²) in [6.45, 7) is 14.9. The summed E-state index contributed by atoms with van der Waals surface area (Å²) in [5, 5.41) is 118. The Bertz CT molecular complexity index is 4560. The molecule has 0 spiro atoms. The molecule has 21 atom stereocenters. The van der Waals surface area contributed by atoms with Crippen molar-refractivity contribution in [3.8, 4) is 0 Å². The first-order valence-electron chi connectivity index (χ1n) is 47.8. The molecule has 0 saturated carbocycles. The van der Waals surface area contributed by atoms with Gasteiger partial charge in [-0.25, -0.2) is 4.79 Å². The molecule has 36 N–H and O–H groups in total. The maximum Gasteiger partial charge on any atom is 0.326 e. The Kier molecular flexibility index (Phi) is 58.7. The molecule has 0 radical (unpaired) electrons. The normalized spacial score (nSPS) is 16.5. The second kappa shape index (κ2) is 65.4. The highest BCUT2D eigenvalue weighted by atomic mass is 32.2. The topological polar surface area (TPSA) is 944 Å². The number of aliphatic hydroxyl groups excluding tert-OH is 4. The number of hydrogen-bond donors (Lipinski definition) is 30. The molecule has 0 aromatic rings. The van der Waals surface area contributed by atoms with Crippen LogP contribution in [0.4, 0.5) is 0 Å². The summed E-state index contributed by atoms with van der Waals surface area (Å²) in [6.07, 6.45) is -8.12. The summed E-state index contributed by atoms with van der Waals surface area (Å²) in [7, 11) is 0.960. The highest BCUT2D eigenvalue weighted by Gasteiger charge is 2.47. The smallest absolute Gasteiger partial charge is 0.326 e. The number of aliphatic carboxylic acids is 4. The second-order valence-electron chi connectivity index (χ2n) is 37.9. The summed E-state index contributed by atoms with van der Waals surface area (Å²) in [4.78, 5) is 340. The Hall–Kier alpha value is -13.2. The van der Waals surface area contributed by atoms with E-state index in [1.54, 1.807) is 47.8 Å². The lowest BCUT2D eigenvalue weighted by molar-refractivity contribution is -0.151. The van der Waals surface area contributed by atoms with Crippen LogP contribution in [0.15, 0.2) is 0 Å². The molecule has 1 aliphatic rings. The van der Waals surface area contributed by atoms with E-state index in [9.17, 15) is 161 Å². The minimum Gasteiger partial charge on any atom is -0.481 e. The summed E-state index contributed by atoms with van der Waals surface area (Å²) >= 11 is 1.13. The number of amides is 21. The predicted octanol–water partition coefficient (Wildman–Crippen LogP) is -11.6. The first kappa shape index (κ1) is 132. The van der Waals surface area contributed by atoms with Gasteiger partial charge in [0.25, 0.3) is 0 Å². The number of nitrogens with one attached hydrogen (secondary N) is 16. The molecule has 58 heteroatoms. The number of thioether (sulfide) groups is 1. The third-order valence-electron chi connectivity index (χ3n) is 22.9. The molecular formula is C89H152N24O33S. The number of carbonyl (C=O) groups excluding carboxylic acids is 21. The van der Waals surface area contributed by atoms with Gasteiger partial charge in [0.15, 0.2) is 0 Å². The number of carbonyl (C=O) groups is 25. The minimum absolute atomic E-state index is 0.00921. The van der Waals surface area contributed by atoms with E-state index in [1.807, 2.05) is 26.6 Å². The monoisotopic (exact) mass is 2120 g/mol. The van der Waals surface area contributed by atoms with Gasteiger partial charge in [0.2, 0.25) is 124 Å². The van der Waals surface area contributed by atoms with Gasteiger partial charge in [-0.1, -0.05) is 68.7 Å². The summed E-state index contributed by atoms with van der Waals surface area (Å²) in [5.41, 5.74) is 32.5. The number of carboxylic acid groups (broad SMARTS) is 4. The second-order valence-corrected chi connectivity index (χ2v) is 38.9. The SMILES string of the molecule is CSCC[C@H](NC(=O)[C@H](CC(N)=O)NC(=O)[C@@H]1CCCN1C(=O)[C@@H](NC(=O)[C@H](CC(C)C)NC(=O)[C@H](C)NC(=O)[C@H](CCC(N)=O)NC(=O)[C@H](CC(C)C)NC(=O)[C@@H](N)CCCCN)C(C)C)C(=O)N[C@@H](CC(=O)O)C(=O)N[C@@H](CCCCN)C(=O)N[C@@H](CCC(N)=O)C(=O)N[C@H](C(=O)N[C@@H](CO)C(=O)N[C@H](C(=O)N[C@@H](CO)C(=O)N[C@@H](CC(=O)O)C(=O)N(C)[C@H](C(=O)N[C@@H](CC(=O)O)C(=O)O)C(C)(C)C)[C@@H](C)O)[C@@H](C)O. The van der Waals surface area contributed by atoms with Gasteiger partial charge in [0.05, 0.1) is 57.1 Å². The van der Waals surface area contributed by atoms with Crippen molar-refractivity contribution in [3.05, 3.63) is 0 Å². The van der Waals surface area contributed by atoms with Crippen molar-refractivity contribution in [2.75, 3.05) is 51.9 Å². The van der Waals surface area contributed by atoms with Gasteiger partial charge in [-0.2, -0.15) is 11.8 Å². The molecule has 1 fully saturated rings. The number of primary amides is 3. The van der Waals surface area contributed by atoms with Crippen molar-refractivity contribution in [1.82, 2.24) is 94.9 Å². The Balaban J connectivity index is 3.62. The van der Waals surface area contributed by atoms with Crippen LogP contribution in [-0.2, 0) is 120 Å². The molecule has 0 unspecified atom stereocenters. The Morgan fingerprint density at radius 2 is 0.735 bits per heavy atom. The zero-order chi connectivity index (χ0) is 113. The van der Waals surface area contributed by atoms with Crippen molar-refractivity contribution in [2.45, 2.75) is 332 Å². The van der Waals surface area contributed by atoms with Gasteiger partial charge >= 0.3 is 23.9 Å². The fraction of sp³-hybridized carbons (Fsp3) is 0.719. The van der Waals surface area contributed by atoms with Gasteiger partial charge < -0.3 is 170 Å². The molecule has 1 heterocycles. The van der Waals surface area contributed by atoms with Crippen molar-refractivity contribution < 1.29 is 161 Å². The molecule has 0 aromatic carbocycles. The predicted molar refractivity (Wildman–Crippen MR) is 520 cm³/mol. The van der Waals surface area contributed by atoms with E-state index in [4.69, 9.17) is 34.4 Å². The molecule has 1 rings (SSSR count). The molecule has 0 aliphatic carbocycles. The average Bonchev–Trinajstić information content (AvgIpc) is 1.79. The lowest BCUT2D eigenvalue weighted by Gasteiger charge is -2.38. The quantitative estimate of drug-likeness (QED) is 0.0251. The Labute approximate surface area is 853 Å². The Morgan fingerprint density at radius 3 is 1.14 bits per heavy atom. The van der Waals surface area contributed by atoms with Crippen LogP contribution >= 0.6 is 11.8 Å². The molecule has 1 saturated heterocycles. The number of aliphatic hydroxyl groups is 4. The van der Waals surface area contributed by atoms with E-state index in [-0.39, 0.29) is 94.9 Å². The number of unbranched alkanes of at least 4 members (excludes halogenated alkanes) is 2. The lowest BCUT2D eigenvalue weighted by Crippen LogP contribution is -2.64. The fourth-order valence-corrected chi connectivity index (χ4v) is 15.5. The summed E-state index contributed by atoms with van der Waals surface area (Å²) in [5.74, 6) is -32.4. The fourth-order valence-electron chi connectivity index (χ4n) is 15.1. The van der Waals surface area contributed by atoms with Crippen molar-refractivity contribution >= 4 is 160 Å². The van der Waals surface area contributed by atoms with E-state index in [2.05, 4.69) is 58.5 Å². The van der Waals surface area contributed by atoms with Crippen LogP contribution in [0, 0.1) is 23.2 Å². The molecular weight excluding hydrogens is 1970 g/mol. The van der Waals surface area contributed by atoms with Gasteiger partial charge in [0, 0.05) is 26.4 Å². The van der Waals surface area contributed by atoms with Crippen LogP contribution in [0.1, 0.15) is 205 Å². The van der Waals surface area contributed by atoms with Crippen LogP contribution in [-0.4, -0.2) is 377 Å². The molecule has 0 aromatic heterocycles. The number of rotatable bonds is 70. The largest absolute Gasteiger partial charge is 0.481 e. The van der Waals surface area contributed by atoms with Gasteiger partial charge in [0.1, 0.15) is 109 Å². The summed E-state index contributed by atoms with van der Waals surface area (Å²) < 4.78 is 0. The van der Waals surface area contributed by atoms with E-state index in [1.165, 1.54) is 27.7 Å². The van der Waals surface area contributed by atoms with Crippen molar-refractivity contribution in [2.24, 2.45) is 57.6 Å². The zero-order valence-corrected chi connectivity index (χ0v) is 85.9. The zero-order valence-electron chi connectivity index (χ0n) is 85.1. The number of likely N-dealkylation sites (tertiary alicyclic amines) is 1. The van der Waals surface area contributed by atoms with E-state index in [0.717, 1.165) is 37.6 Å². The average molecular weight is 2120 g/mol. The maximum absolute atomic E-state index is 14.8. The highest BCUT2D eigenvalue weighted by Crippen LogP contribution is 2.27. The number of carboxylic acids is 4. The Morgan fingerprint density at radius 1 is 0.388 bits per heavy atom. The van der Waals surface area contributed by atoms with Gasteiger partial charge in [-0.15, -0.1) is 0 Å². The van der Waals surface area contributed by atoms with Crippen LogP contribution < -0.4 is 119 Å². The van der Waals surface area contributed by atoms with Crippen LogP contribution in [0.5, 0.6) is 0 Å². The van der Waals surface area contributed by atoms with E-state index >= 15 is 0 Å². The molecule has 57 nitrogen and oxygen atoms in total. The first-order valence-corrected chi connectivity index (χ1v) is 49.2. The molecule has 1 aliphatic heterocycles. The molecule has 0 bridgehead atoms.